The summed E-state index contributed by atoms with van der Waals surface area (Å²) in [4.78, 5) is 4.55. The number of benzene rings is 1. The van der Waals surface area contributed by atoms with E-state index in [1.165, 1.54) is 0 Å². The van der Waals surface area contributed by atoms with Gasteiger partial charge in [0.1, 0.15) is 6.07 Å². The van der Waals surface area contributed by atoms with Crippen molar-refractivity contribution in [2.75, 3.05) is 32.1 Å². The average Bonchev–Trinajstić information content (AvgIpc) is 2.39. The van der Waals surface area contributed by atoms with Crippen molar-refractivity contribution in [1.29, 1.82) is 5.26 Å². The number of likely N-dealkylation sites (tertiary alicyclic amines) is 1. The fraction of sp³-hybridized carbons (Fsp3) is 0.500. The molecule has 1 aliphatic heterocycles. The van der Waals surface area contributed by atoms with E-state index < -0.39 is 0 Å². The zero-order valence-electron chi connectivity index (χ0n) is 10.9. The lowest BCUT2D eigenvalue weighted by atomic mass is 10.0. The molecule has 1 aliphatic rings. The Balaban J connectivity index is 2.20. The molecule has 0 atom stereocenters. The van der Waals surface area contributed by atoms with Crippen molar-refractivity contribution in [2.45, 2.75) is 18.9 Å². The predicted octanol–water partition coefficient (Wildman–Crippen LogP) is 2.74. The second-order valence-electron chi connectivity index (χ2n) is 4.92. The Bertz CT molecular complexity index is 459. The van der Waals surface area contributed by atoms with Crippen LogP contribution in [-0.2, 0) is 0 Å². The van der Waals surface area contributed by atoms with Crippen LogP contribution in [0.4, 0.5) is 5.69 Å². The van der Waals surface area contributed by atoms with E-state index in [-0.39, 0.29) is 0 Å². The highest BCUT2D eigenvalue weighted by Crippen LogP contribution is 2.27. The van der Waals surface area contributed by atoms with Gasteiger partial charge in [0.15, 0.2) is 0 Å². The molecule has 4 heteroatoms. The van der Waals surface area contributed by atoms with Gasteiger partial charge in [0.05, 0.1) is 11.3 Å². The number of anilines is 1. The third-order valence-electron chi connectivity index (χ3n) is 3.70. The zero-order chi connectivity index (χ0) is 13.1. The number of halogens is 1. The molecule has 0 spiro atoms. The first-order valence-corrected chi connectivity index (χ1v) is 6.60. The SMILES string of the molecule is CN1CCC(N(C)c2cc(Cl)ccc2C#N)CC1. The van der Waals surface area contributed by atoms with Gasteiger partial charge < -0.3 is 9.80 Å². The molecule has 1 saturated heterocycles. The van der Waals surface area contributed by atoms with E-state index in [1.807, 2.05) is 6.07 Å². The molecular formula is C14H18ClN3. The van der Waals surface area contributed by atoms with E-state index in [0.29, 0.717) is 16.6 Å². The lowest BCUT2D eigenvalue weighted by molar-refractivity contribution is 0.253. The monoisotopic (exact) mass is 263 g/mol. The topological polar surface area (TPSA) is 30.3 Å². The molecule has 1 aromatic carbocycles. The molecule has 0 amide bonds. The van der Waals surface area contributed by atoms with Crippen LogP contribution < -0.4 is 4.90 Å². The highest BCUT2D eigenvalue weighted by atomic mass is 35.5. The summed E-state index contributed by atoms with van der Waals surface area (Å²) >= 11 is 6.04. The van der Waals surface area contributed by atoms with Crippen molar-refractivity contribution >= 4 is 17.3 Å². The van der Waals surface area contributed by atoms with Crippen LogP contribution >= 0.6 is 11.6 Å². The summed E-state index contributed by atoms with van der Waals surface area (Å²) in [7, 11) is 4.21. The Morgan fingerprint density at radius 1 is 1.39 bits per heavy atom. The highest BCUT2D eigenvalue weighted by molar-refractivity contribution is 6.30. The number of hydrogen-bond acceptors (Lipinski definition) is 3. The van der Waals surface area contributed by atoms with E-state index in [9.17, 15) is 5.26 Å². The van der Waals surface area contributed by atoms with Crippen LogP contribution in [0.3, 0.4) is 0 Å². The molecule has 2 rings (SSSR count). The fourth-order valence-electron chi connectivity index (χ4n) is 2.47. The minimum Gasteiger partial charge on any atom is -0.370 e. The predicted molar refractivity (Wildman–Crippen MR) is 75.1 cm³/mol. The molecule has 1 fully saturated rings. The molecule has 0 aliphatic carbocycles. The standard InChI is InChI=1S/C14H18ClN3/c1-17-7-5-13(6-8-17)18(2)14-9-12(15)4-3-11(14)10-16/h3-4,9,13H,5-8H2,1-2H3. The third-order valence-corrected chi connectivity index (χ3v) is 3.93. The molecule has 1 aromatic rings. The Morgan fingerprint density at radius 2 is 2.06 bits per heavy atom. The Morgan fingerprint density at radius 3 is 2.67 bits per heavy atom. The number of nitrogens with zero attached hydrogens (tertiary/aromatic N) is 3. The first-order chi connectivity index (χ1) is 8.61. The maximum absolute atomic E-state index is 9.17. The summed E-state index contributed by atoms with van der Waals surface area (Å²) in [6.45, 7) is 2.22. The van der Waals surface area contributed by atoms with Gasteiger partial charge in [-0.2, -0.15) is 5.26 Å². The van der Waals surface area contributed by atoms with Gasteiger partial charge in [0.2, 0.25) is 0 Å². The Kier molecular flexibility index (Phi) is 4.11. The summed E-state index contributed by atoms with van der Waals surface area (Å²) in [6, 6.07) is 8.19. The van der Waals surface area contributed by atoms with Gasteiger partial charge in [-0.1, -0.05) is 11.6 Å². The minimum atomic E-state index is 0.492. The van der Waals surface area contributed by atoms with Gasteiger partial charge in [0, 0.05) is 18.1 Å². The van der Waals surface area contributed by atoms with E-state index in [2.05, 4.69) is 30.0 Å². The quantitative estimate of drug-likeness (QED) is 0.822. The van der Waals surface area contributed by atoms with Crippen LogP contribution in [0.2, 0.25) is 5.02 Å². The maximum atomic E-state index is 9.17. The first kappa shape index (κ1) is 13.2. The molecule has 96 valence electrons. The molecule has 0 N–H and O–H groups in total. The highest BCUT2D eigenvalue weighted by Gasteiger charge is 2.22. The van der Waals surface area contributed by atoms with Gasteiger partial charge in [-0.15, -0.1) is 0 Å². The molecule has 18 heavy (non-hydrogen) atoms. The third kappa shape index (κ3) is 2.77. The van der Waals surface area contributed by atoms with Crippen molar-refractivity contribution in [2.24, 2.45) is 0 Å². The van der Waals surface area contributed by atoms with Crippen molar-refractivity contribution in [3.63, 3.8) is 0 Å². The molecule has 1 heterocycles. The van der Waals surface area contributed by atoms with Crippen molar-refractivity contribution < 1.29 is 0 Å². The van der Waals surface area contributed by atoms with Crippen LogP contribution in [0, 0.1) is 11.3 Å². The van der Waals surface area contributed by atoms with E-state index in [0.717, 1.165) is 31.6 Å². The van der Waals surface area contributed by atoms with E-state index in [4.69, 9.17) is 11.6 Å². The normalized spacial score (nSPS) is 17.4. The molecule has 0 radical (unpaired) electrons. The van der Waals surface area contributed by atoms with Gasteiger partial charge >= 0.3 is 0 Å². The summed E-state index contributed by atoms with van der Waals surface area (Å²) in [5.41, 5.74) is 1.64. The smallest absolute Gasteiger partial charge is 0.101 e. The molecule has 0 bridgehead atoms. The molecular weight excluding hydrogens is 246 g/mol. The van der Waals surface area contributed by atoms with E-state index >= 15 is 0 Å². The van der Waals surface area contributed by atoms with Gasteiger partial charge in [-0.05, 0) is 51.2 Å². The zero-order valence-corrected chi connectivity index (χ0v) is 11.6. The minimum absolute atomic E-state index is 0.492. The van der Waals surface area contributed by atoms with Crippen LogP contribution in [0.5, 0.6) is 0 Å². The summed E-state index contributed by atoms with van der Waals surface area (Å²) < 4.78 is 0. The molecule has 0 saturated carbocycles. The van der Waals surface area contributed by atoms with E-state index in [1.54, 1.807) is 12.1 Å². The maximum Gasteiger partial charge on any atom is 0.101 e. The second-order valence-corrected chi connectivity index (χ2v) is 5.36. The van der Waals surface area contributed by atoms with Crippen molar-refractivity contribution in [3.8, 4) is 6.07 Å². The molecule has 0 aromatic heterocycles. The first-order valence-electron chi connectivity index (χ1n) is 6.23. The van der Waals surface area contributed by atoms with Crippen LogP contribution in [0.25, 0.3) is 0 Å². The van der Waals surface area contributed by atoms with Gasteiger partial charge in [-0.25, -0.2) is 0 Å². The number of nitriles is 1. The summed E-state index contributed by atoms with van der Waals surface area (Å²) in [6.07, 6.45) is 2.26. The number of piperidine rings is 1. The Labute approximate surface area is 114 Å². The number of hydrogen-bond donors (Lipinski definition) is 0. The van der Waals surface area contributed by atoms with Gasteiger partial charge in [-0.3, -0.25) is 0 Å². The molecule has 3 nitrogen and oxygen atoms in total. The van der Waals surface area contributed by atoms with Crippen LogP contribution in [-0.4, -0.2) is 38.1 Å². The fourth-order valence-corrected chi connectivity index (χ4v) is 2.64. The summed E-state index contributed by atoms with van der Waals surface area (Å²) in [5.74, 6) is 0. The summed E-state index contributed by atoms with van der Waals surface area (Å²) in [5, 5.41) is 9.85. The number of rotatable bonds is 2. The lowest BCUT2D eigenvalue weighted by Gasteiger charge is -2.36. The van der Waals surface area contributed by atoms with Crippen LogP contribution in [0.1, 0.15) is 18.4 Å². The van der Waals surface area contributed by atoms with Crippen molar-refractivity contribution in [3.05, 3.63) is 28.8 Å². The van der Waals surface area contributed by atoms with Crippen LogP contribution in [0.15, 0.2) is 18.2 Å². The lowest BCUT2D eigenvalue weighted by Crippen LogP contribution is -2.42. The molecule has 0 unspecified atom stereocenters. The largest absolute Gasteiger partial charge is 0.370 e. The van der Waals surface area contributed by atoms with Crippen molar-refractivity contribution in [1.82, 2.24) is 4.90 Å². The average molecular weight is 264 g/mol. The van der Waals surface area contributed by atoms with Gasteiger partial charge in [0.25, 0.3) is 0 Å². The Hall–Kier alpha value is -1.24. The second kappa shape index (κ2) is 5.60.